The van der Waals surface area contributed by atoms with E-state index < -0.39 is 12.0 Å². The van der Waals surface area contributed by atoms with Crippen molar-refractivity contribution >= 4 is 35.0 Å². The van der Waals surface area contributed by atoms with Crippen molar-refractivity contribution in [2.24, 2.45) is 4.99 Å². The van der Waals surface area contributed by atoms with E-state index in [1.165, 1.54) is 23.0 Å². The number of thiazole rings is 1. The predicted molar refractivity (Wildman–Crippen MR) is 139 cm³/mol. The average Bonchev–Trinajstić information content (AvgIpc) is 3.17. The van der Waals surface area contributed by atoms with E-state index in [2.05, 4.69) is 10.9 Å². The van der Waals surface area contributed by atoms with E-state index in [4.69, 9.17) is 32.2 Å². The number of aromatic nitrogens is 1. The zero-order valence-electron chi connectivity index (χ0n) is 19.7. The lowest BCUT2D eigenvalue weighted by Gasteiger charge is -2.24. The van der Waals surface area contributed by atoms with E-state index in [1.54, 1.807) is 43.3 Å². The fourth-order valence-corrected chi connectivity index (χ4v) is 4.99. The molecule has 2 heterocycles. The molecular weight excluding hydrogens is 500 g/mol. The first-order chi connectivity index (χ1) is 17.4. The van der Waals surface area contributed by atoms with E-state index in [0.29, 0.717) is 36.9 Å². The van der Waals surface area contributed by atoms with Crippen LogP contribution in [0.15, 0.2) is 69.6 Å². The van der Waals surface area contributed by atoms with Crippen molar-refractivity contribution in [2.45, 2.75) is 13.0 Å². The molecule has 0 fully saturated rings. The predicted octanol–water partition coefficient (Wildman–Crippen LogP) is 3.09. The molecule has 0 saturated heterocycles. The Morgan fingerprint density at radius 1 is 1.22 bits per heavy atom. The molecule has 3 aromatic rings. The van der Waals surface area contributed by atoms with Gasteiger partial charge in [0.1, 0.15) is 19.0 Å². The van der Waals surface area contributed by atoms with Crippen LogP contribution in [0.3, 0.4) is 0 Å². The summed E-state index contributed by atoms with van der Waals surface area (Å²) in [5, 5.41) is 0.541. The first kappa shape index (κ1) is 25.5. The Bertz CT molecular complexity index is 1530. The van der Waals surface area contributed by atoms with Crippen molar-refractivity contribution in [3.63, 3.8) is 0 Å². The largest absolute Gasteiger partial charge is 0.480 e. The Balaban J connectivity index is 1.87. The minimum absolute atomic E-state index is 0.0817. The fraction of sp³-hybridized carbons (Fsp3) is 0.222. The zero-order chi connectivity index (χ0) is 25.7. The standard InChI is InChI=1S/C27H23ClN2O5S/c1-4-13-34-21-8-6-5-7-19(21)16-22-25(31)30-24(18-9-11-20(28)12-10-18)23(17(2)29-27(30)36-22)26(32)35-15-14-33-3/h1,5-12,16,24H,13-15H2,2-3H3. The Morgan fingerprint density at radius 3 is 2.69 bits per heavy atom. The van der Waals surface area contributed by atoms with Gasteiger partial charge in [0.15, 0.2) is 4.80 Å². The van der Waals surface area contributed by atoms with Crippen molar-refractivity contribution < 1.29 is 19.0 Å². The summed E-state index contributed by atoms with van der Waals surface area (Å²) in [7, 11) is 1.52. The molecule has 1 unspecified atom stereocenters. The number of carbonyl (C=O) groups is 1. The molecule has 0 spiro atoms. The highest BCUT2D eigenvalue weighted by molar-refractivity contribution is 7.07. The molecule has 7 nitrogen and oxygen atoms in total. The Labute approximate surface area is 216 Å². The van der Waals surface area contributed by atoms with Crippen molar-refractivity contribution in [3.8, 4) is 18.1 Å². The van der Waals surface area contributed by atoms with E-state index in [-0.39, 0.29) is 31.0 Å². The van der Waals surface area contributed by atoms with Gasteiger partial charge in [0.2, 0.25) is 0 Å². The summed E-state index contributed by atoms with van der Waals surface area (Å²) >= 11 is 7.34. The number of terminal acetylenes is 1. The summed E-state index contributed by atoms with van der Waals surface area (Å²) in [5.41, 5.74) is 1.88. The second kappa shape index (κ2) is 11.4. The molecule has 1 atom stereocenters. The van der Waals surface area contributed by atoms with Crippen LogP contribution < -0.4 is 19.6 Å². The van der Waals surface area contributed by atoms with Gasteiger partial charge in [-0.15, -0.1) is 6.42 Å². The monoisotopic (exact) mass is 522 g/mol. The summed E-state index contributed by atoms with van der Waals surface area (Å²) in [6.07, 6.45) is 7.07. The third kappa shape index (κ3) is 5.29. The van der Waals surface area contributed by atoms with Gasteiger partial charge >= 0.3 is 5.97 Å². The van der Waals surface area contributed by atoms with Crippen LogP contribution in [0.4, 0.5) is 0 Å². The quantitative estimate of drug-likeness (QED) is 0.258. The van der Waals surface area contributed by atoms with Gasteiger partial charge < -0.3 is 14.2 Å². The highest BCUT2D eigenvalue weighted by atomic mass is 35.5. The van der Waals surface area contributed by atoms with E-state index >= 15 is 0 Å². The third-order valence-electron chi connectivity index (χ3n) is 5.46. The van der Waals surface area contributed by atoms with Crippen LogP contribution >= 0.6 is 22.9 Å². The molecule has 0 saturated carbocycles. The van der Waals surface area contributed by atoms with E-state index in [0.717, 1.165) is 0 Å². The number of hydrogen-bond acceptors (Lipinski definition) is 7. The summed E-state index contributed by atoms with van der Waals surface area (Å²) in [6, 6.07) is 13.6. The lowest BCUT2D eigenvalue weighted by Crippen LogP contribution is -2.40. The van der Waals surface area contributed by atoms with Crippen LogP contribution in [0.5, 0.6) is 5.75 Å². The van der Waals surface area contributed by atoms with Crippen molar-refractivity contribution in [1.82, 2.24) is 4.57 Å². The van der Waals surface area contributed by atoms with Crippen molar-refractivity contribution in [1.29, 1.82) is 0 Å². The number of ether oxygens (including phenoxy) is 3. The average molecular weight is 523 g/mol. The number of allylic oxidation sites excluding steroid dienone is 1. The highest BCUT2D eigenvalue weighted by Crippen LogP contribution is 2.31. The molecule has 0 radical (unpaired) electrons. The van der Waals surface area contributed by atoms with Gasteiger partial charge in [0.05, 0.1) is 28.5 Å². The number of benzene rings is 2. The molecule has 184 valence electrons. The normalized spacial score (nSPS) is 15.2. The van der Waals surface area contributed by atoms with Crippen molar-refractivity contribution in [2.75, 3.05) is 26.9 Å². The summed E-state index contributed by atoms with van der Waals surface area (Å²) in [5.74, 6) is 2.45. The van der Waals surface area contributed by atoms with Crippen LogP contribution in [0.1, 0.15) is 24.1 Å². The minimum Gasteiger partial charge on any atom is -0.480 e. The van der Waals surface area contributed by atoms with E-state index in [1.807, 2.05) is 18.2 Å². The molecule has 9 heteroatoms. The van der Waals surface area contributed by atoms with Gasteiger partial charge in [-0.2, -0.15) is 0 Å². The number of fused-ring (bicyclic) bond motifs is 1. The molecule has 0 bridgehead atoms. The first-order valence-corrected chi connectivity index (χ1v) is 12.2. The van der Waals surface area contributed by atoms with Gasteiger partial charge in [0.25, 0.3) is 5.56 Å². The van der Waals surface area contributed by atoms with Crippen LogP contribution in [-0.2, 0) is 14.3 Å². The van der Waals surface area contributed by atoms with Gasteiger partial charge in [-0.1, -0.05) is 59.2 Å². The number of halogens is 1. The van der Waals surface area contributed by atoms with Crippen molar-refractivity contribution in [3.05, 3.63) is 95.6 Å². The van der Waals surface area contributed by atoms with Crippen LogP contribution in [0.2, 0.25) is 5.02 Å². The Morgan fingerprint density at radius 2 is 1.97 bits per heavy atom. The summed E-state index contributed by atoms with van der Waals surface area (Å²) < 4.78 is 18.0. The minimum atomic E-state index is -0.733. The van der Waals surface area contributed by atoms with Gasteiger partial charge in [-0.05, 0) is 36.8 Å². The molecule has 1 aliphatic rings. The highest BCUT2D eigenvalue weighted by Gasteiger charge is 2.33. The first-order valence-electron chi connectivity index (χ1n) is 11.0. The lowest BCUT2D eigenvalue weighted by molar-refractivity contribution is -0.140. The maximum atomic E-state index is 13.7. The Hall–Kier alpha value is -3.64. The molecule has 1 aromatic heterocycles. The number of hydrogen-bond donors (Lipinski definition) is 0. The second-order valence-electron chi connectivity index (χ2n) is 7.79. The molecule has 36 heavy (non-hydrogen) atoms. The van der Waals surface area contributed by atoms with Crippen LogP contribution in [-0.4, -0.2) is 37.5 Å². The molecule has 4 rings (SSSR count). The van der Waals surface area contributed by atoms with Gasteiger partial charge in [0, 0.05) is 17.7 Å². The molecular formula is C27H23ClN2O5S. The lowest BCUT2D eigenvalue weighted by atomic mass is 9.96. The SMILES string of the molecule is C#CCOc1ccccc1C=c1sc2n(c1=O)C(c1ccc(Cl)cc1)C(C(=O)OCCOC)=C(C)N=2. The second-order valence-corrected chi connectivity index (χ2v) is 9.24. The number of methoxy groups -OCH3 is 1. The Kier molecular flexibility index (Phi) is 8.06. The zero-order valence-corrected chi connectivity index (χ0v) is 21.3. The molecule has 0 N–H and O–H groups in total. The molecule has 0 amide bonds. The molecule has 0 aliphatic carbocycles. The topological polar surface area (TPSA) is 79.1 Å². The van der Waals surface area contributed by atoms with Gasteiger partial charge in [-0.3, -0.25) is 9.36 Å². The summed E-state index contributed by atoms with van der Waals surface area (Å²) in [4.78, 5) is 31.9. The summed E-state index contributed by atoms with van der Waals surface area (Å²) in [6.45, 7) is 2.18. The molecule has 1 aliphatic heterocycles. The third-order valence-corrected chi connectivity index (χ3v) is 6.70. The number of para-hydroxylation sites is 1. The van der Waals surface area contributed by atoms with E-state index in [9.17, 15) is 9.59 Å². The van der Waals surface area contributed by atoms with Gasteiger partial charge in [-0.25, -0.2) is 9.79 Å². The number of esters is 1. The number of rotatable bonds is 8. The fourth-order valence-electron chi connectivity index (χ4n) is 3.83. The van der Waals surface area contributed by atoms with Crippen LogP contribution in [0, 0.1) is 12.3 Å². The number of carbonyl (C=O) groups excluding carboxylic acids is 1. The smallest absolute Gasteiger partial charge is 0.338 e. The van der Waals surface area contributed by atoms with Crippen LogP contribution in [0.25, 0.3) is 6.08 Å². The maximum absolute atomic E-state index is 13.7. The maximum Gasteiger partial charge on any atom is 0.338 e. The number of nitrogens with zero attached hydrogens (tertiary/aromatic N) is 2. The molecule has 2 aromatic carbocycles.